The van der Waals surface area contributed by atoms with Crippen LogP contribution in [0.2, 0.25) is 0 Å². The Morgan fingerprint density at radius 3 is 2.44 bits per heavy atom. The van der Waals surface area contributed by atoms with E-state index >= 15 is 0 Å². The van der Waals surface area contributed by atoms with Crippen LogP contribution in [0.15, 0.2) is 18.2 Å². The molecule has 27 heavy (non-hydrogen) atoms. The maximum Gasteiger partial charge on any atom is 0.411 e. The number of rotatable bonds is 3. The molecule has 0 spiro atoms. The van der Waals surface area contributed by atoms with E-state index in [2.05, 4.69) is 0 Å². The van der Waals surface area contributed by atoms with Gasteiger partial charge in [-0.05, 0) is 18.1 Å². The first-order valence-corrected chi connectivity index (χ1v) is 11.8. The van der Waals surface area contributed by atoms with E-state index in [0.29, 0.717) is 22.9 Å². The number of fused-ring (bicyclic) bond motifs is 3. The third-order valence-electron chi connectivity index (χ3n) is 5.17. The predicted molar refractivity (Wildman–Crippen MR) is 100 cm³/mol. The summed E-state index contributed by atoms with van der Waals surface area (Å²) in [7, 11) is -6.49. The van der Waals surface area contributed by atoms with Gasteiger partial charge in [-0.25, -0.2) is 36.2 Å². The number of amides is 1. The molecule has 3 rings (SSSR count). The zero-order valence-corrected chi connectivity index (χ0v) is 17.0. The molecule has 1 fully saturated rings. The summed E-state index contributed by atoms with van der Waals surface area (Å²) in [5, 5.41) is 0. The van der Waals surface area contributed by atoms with E-state index in [1.165, 1.54) is 18.1 Å². The first kappa shape index (κ1) is 19.7. The molecule has 1 aromatic carbocycles. The Morgan fingerprint density at radius 1 is 1.30 bits per heavy atom. The largest absolute Gasteiger partial charge is 0.453 e. The van der Waals surface area contributed by atoms with Gasteiger partial charge in [0.25, 0.3) is 0 Å². The number of hydrogen-bond acceptors (Lipinski definition) is 7. The molecule has 10 nitrogen and oxygen atoms in total. The quantitative estimate of drug-likeness (QED) is 0.546. The van der Waals surface area contributed by atoms with Gasteiger partial charge in [-0.2, -0.15) is 0 Å². The van der Waals surface area contributed by atoms with Gasteiger partial charge in [0.1, 0.15) is 6.17 Å². The van der Waals surface area contributed by atoms with Crippen molar-refractivity contribution in [2.45, 2.75) is 24.9 Å². The lowest BCUT2D eigenvalue weighted by Gasteiger charge is -2.34. The summed E-state index contributed by atoms with van der Waals surface area (Å²) in [6.07, 6.45) is 0.895. The SMILES string of the molecule is COC(=O)N1CC[C@]2(C)c3cccc(N(N)S(C)(=O)=O)c3N(S(C)(=O)=O)C12. The summed E-state index contributed by atoms with van der Waals surface area (Å²) in [6.45, 7) is 2.15. The van der Waals surface area contributed by atoms with Crippen molar-refractivity contribution in [1.29, 1.82) is 0 Å². The number of likely N-dealkylation sites (tertiary alicyclic amines) is 1. The highest BCUT2D eigenvalue weighted by molar-refractivity contribution is 7.92. The first-order chi connectivity index (χ1) is 12.3. The van der Waals surface area contributed by atoms with Crippen LogP contribution in [-0.2, 0) is 30.2 Å². The number of hydrogen-bond donors (Lipinski definition) is 1. The average molecular weight is 418 g/mol. The van der Waals surface area contributed by atoms with E-state index in [9.17, 15) is 21.6 Å². The number of para-hydroxylation sites is 1. The summed E-state index contributed by atoms with van der Waals surface area (Å²) in [4.78, 5) is 13.6. The van der Waals surface area contributed by atoms with Crippen LogP contribution < -0.4 is 14.6 Å². The minimum Gasteiger partial charge on any atom is -0.453 e. The number of ether oxygens (including phenoxy) is 1. The van der Waals surface area contributed by atoms with Crippen LogP contribution >= 0.6 is 0 Å². The highest BCUT2D eigenvalue weighted by Gasteiger charge is 2.59. The lowest BCUT2D eigenvalue weighted by atomic mass is 9.81. The lowest BCUT2D eigenvalue weighted by Crippen LogP contribution is -2.53. The number of sulfonamides is 2. The van der Waals surface area contributed by atoms with Crippen LogP contribution in [0.5, 0.6) is 0 Å². The van der Waals surface area contributed by atoms with Gasteiger partial charge in [-0.1, -0.05) is 19.1 Å². The maximum absolute atomic E-state index is 12.7. The summed E-state index contributed by atoms with van der Waals surface area (Å²) in [5.41, 5.74) is 0.0665. The highest BCUT2D eigenvalue weighted by Crippen LogP contribution is 2.55. The van der Waals surface area contributed by atoms with Crippen LogP contribution in [0.3, 0.4) is 0 Å². The zero-order valence-electron chi connectivity index (χ0n) is 15.4. The van der Waals surface area contributed by atoms with E-state index in [4.69, 9.17) is 10.6 Å². The maximum atomic E-state index is 12.7. The molecule has 150 valence electrons. The fourth-order valence-electron chi connectivity index (χ4n) is 3.97. The molecular formula is C15H22N4O6S2. The second kappa shape index (κ2) is 5.97. The van der Waals surface area contributed by atoms with Crippen LogP contribution in [0.4, 0.5) is 16.2 Å². The van der Waals surface area contributed by atoms with Gasteiger partial charge in [-0.3, -0.25) is 4.90 Å². The smallest absolute Gasteiger partial charge is 0.411 e. The lowest BCUT2D eigenvalue weighted by molar-refractivity contribution is 0.116. The van der Waals surface area contributed by atoms with Crippen molar-refractivity contribution < 1.29 is 26.4 Å². The number of anilines is 2. The molecule has 1 amide bonds. The first-order valence-electron chi connectivity index (χ1n) is 8.06. The standard InChI is InChI=1S/C15H22N4O6S2/c1-15-8-9-17(14(20)25-2)13(15)18(26(3,21)22)12-10(15)6-5-7-11(12)19(16)27(4,23)24/h5-7,13H,8-9,16H2,1-4H3/t13?,15-/m1/s1. The minimum absolute atomic E-state index is 0.0286. The number of methoxy groups -OCH3 is 1. The van der Waals surface area contributed by atoms with Gasteiger partial charge in [-0.15, -0.1) is 0 Å². The molecule has 0 aliphatic carbocycles. The zero-order chi connectivity index (χ0) is 20.4. The molecule has 1 aromatic rings. The predicted octanol–water partition coefficient (Wildman–Crippen LogP) is 0.162. The second-order valence-electron chi connectivity index (χ2n) is 7.00. The van der Waals surface area contributed by atoms with Gasteiger partial charge in [0.15, 0.2) is 0 Å². The van der Waals surface area contributed by atoms with Crippen molar-refractivity contribution in [2.75, 3.05) is 34.9 Å². The summed E-state index contributed by atoms with van der Waals surface area (Å²) >= 11 is 0. The molecule has 2 heterocycles. The molecule has 1 saturated heterocycles. The monoisotopic (exact) mass is 418 g/mol. The fourth-order valence-corrected chi connectivity index (χ4v) is 5.70. The van der Waals surface area contributed by atoms with Gasteiger partial charge in [0.05, 0.1) is 31.0 Å². The van der Waals surface area contributed by atoms with Crippen LogP contribution in [0.1, 0.15) is 18.9 Å². The van der Waals surface area contributed by atoms with Crippen molar-refractivity contribution in [2.24, 2.45) is 5.84 Å². The molecule has 2 aliphatic rings. The normalized spacial score (nSPS) is 24.6. The molecule has 1 unspecified atom stereocenters. The summed E-state index contributed by atoms with van der Waals surface area (Å²) in [6, 6.07) is 4.78. The van der Waals surface area contributed by atoms with E-state index in [-0.39, 0.29) is 11.4 Å². The molecule has 0 saturated carbocycles. The van der Waals surface area contributed by atoms with Crippen molar-refractivity contribution in [1.82, 2.24) is 4.90 Å². The number of carbonyl (C=O) groups is 1. The van der Waals surface area contributed by atoms with Crippen LogP contribution in [0.25, 0.3) is 0 Å². The number of nitrogens with two attached hydrogens (primary N) is 1. The Balaban J connectivity index is 2.32. The Labute approximate surface area is 158 Å². The van der Waals surface area contributed by atoms with E-state index in [1.54, 1.807) is 12.1 Å². The Hall–Kier alpha value is -2.05. The second-order valence-corrected chi connectivity index (χ2v) is 10.7. The third-order valence-corrected chi connectivity index (χ3v) is 7.18. The molecule has 2 atom stereocenters. The number of carbonyl (C=O) groups excluding carboxylic acids is 1. The van der Waals surface area contributed by atoms with Crippen molar-refractivity contribution in [3.63, 3.8) is 0 Å². The molecule has 2 aliphatic heterocycles. The highest BCUT2D eigenvalue weighted by atomic mass is 32.2. The van der Waals surface area contributed by atoms with Gasteiger partial charge in [0, 0.05) is 12.0 Å². The van der Waals surface area contributed by atoms with E-state index < -0.39 is 37.7 Å². The molecular weight excluding hydrogens is 396 g/mol. The van der Waals surface area contributed by atoms with Crippen molar-refractivity contribution >= 4 is 37.5 Å². The molecule has 0 aromatic heterocycles. The van der Waals surface area contributed by atoms with Crippen molar-refractivity contribution in [3.05, 3.63) is 23.8 Å². The van der Waals surface area contributed by atoms with Crippen LogP contribution in [-0.4, -0.2) is 60.2 Å². The summed E-state index contributed by atoms with van der Waals surface area (Å²) < 4.78 is 55.8. The molecule has 2 N–H and O–H groups in total. The Morgan fingerprint density at radius 2 is 1.93 bits per heavy atom. The van der Waals surface area contributed by atoms with Crippen LogP contribution in [0, 0.1) is 0 Å². The fraction of sp³-hybridized carbons (Fsp3) is 0.533. The third kappa shape index (κ3) is 2.82. The molecule has 0 bridgehead atoms. The number of nitrogens with zero attached hydrogens (tertiary/aromatic N) is 3. The van der Waals surface area contributed by atoms with Gasteiger partial charge in [0.2, 0.25) is 20.0 Å². The Bertz CT molecular complexity index is 1010. The average Bonchev–Trinajstić information content (AvgIpc) is 3.02. The minimum atomic E-state index is -3.88. The summed E-state index contributed by atoms with van der Waals surface area (Å²) in [5.74, 6) is 5.78. The van der Waals surface area contributed by atoms with Gasteiger partial charge < -0.3 is 4.74 Å². The number of benzene rings is 1. The van der Waals surface area contributed by atoms with Gasteiger partial charge >= 0.3 is 6.09 Å². The van der Waals surface area contributed by atoms with E-state index in [0.717, 1.165) is 16.8 Å². The Kier molecular flexibility index (Phi) is 4.36. The topological polar surface area (TPSA) is 130 Å². The van der Waals surface area contributed by atoms with E-state index in [1.807, 2.05) is 6.92 Å². The van der Waals surface area contributed by atoms with Crippen molar-refractivity contribution in [3.8, 4) is 0 Å². The molecule has 12 heteroatoms. The molecule has 0 radical (unpaired) electrons. The number of hydrazine groups is 1.